The lowest BCUT2D eigenvalue weighted by molar-refractivity contribution is -0.135. The van der Waals surface area contributed by atoms with Gasteiger partial charge in [-0.15, -0.1) is 0 Å². The summed E-state index contributed by atoms with van der Waals surface area (Å²) in [5.74, 6) is -0.452. The van der Waals surface area contributed by atoms with Crippen molar-refractivity contribution in [3.8, 4) is 11.3 Å². The number of carbonyl (C=O) groups is 3. The topological polar surface area (TPSA) is 166 Å². The number of halogens is 2. The van der Waals surface area contributed by atoms with Crippen molar-refractivity contribution in [1.29, 1.82) is 0 Å². The number of aromatic nitrogens is 4. The number of hydrogen-bond acceptors (Lipinski definition) is 8. The number of nitrogens with two attached hydrogens (primary N) is 1. The van der Waals surface area contributed by atoms with Crippen molar-refractivity contribution in [2.75, 3.05) is 38.2 Å². The smallest absolute Gasteiger partial charge is 0.407 e. The SMILES string of the molecule is COC(=O)N[C@@H](C(=O)N1CCC[C@H]1c1ncc(-c2cc(F)c(N3CCC(c4cnc([C@@H]5CCCN5C(=O)[C@H](N)c5ccccc5)[nH]4)CC3)c(F)c2)[nH]1)c1ccccc1. The highest BCUT2D eigenvalue weighted by Crippen LogP contribution is 2.38. The van der Waals surface area contributed by atoms with Gasteiger partial charge in [0, 0.05) is 49.6 Å². The third kappa shape index (κ3) is 7.78. The van der Waals surface area contributed by atoms with Crippen LogP contribution >= 0.6 is 0 Å². The Balaban J connectivity index is 0.912. The first-order valence-electron chi connectivity index (χ1n) is 19.8. The van der Waals surface area contributed by atoms with E-state index in [2.05, 4.69) is 25.3 Å². The molecule has 302 valence electrons. The molecule has 4 atom stereocenters. The molecule has 3 aromatic carbocycles. The molecule has 3 aliphatic heterocycles. The zero-order chi connectivity index (χ0) is 40.3. The number of alkyl carbamates (subject to hydrolysis) is 1. The summed E-state index contributed by atoms with van der Waals surface area (Å²) >= 11 is 0. The fraction of sp³-hybridized carbons (Fsp3) is 0.372. The average Bonchev–Trinajstić information content (AvgIpc) is 4.10. The molecule has 8 rings (SSSR count). The molecular weight excluding hydrogens is 745 g/mol. The van der Waals surface area contributed by atoms with E-state index in [9.17, 15) is 14.4 Å². The number of likely N-dealkylation sites (tertiary alicyclic amines) is 2. The number of nitrogens with one attached hydrogen (secondary N) is 3. The van der Waals surface area contributed by atoms with Gasteiger partial charge in [-0.05, 0) is 61.8 Å². The summed E-state index contributed by atoms with van der Waals surface area (Å²) in [6.07, 6.45) is 6.93. The van der Waals surface area contributed by atoms with E-state index in [1.54, 1.807) is 34.1 Å². The summed E-state index contributed by atoms with van der Waals surface area (Å²) in [5.41, 5.74) is 9.35. The van der Waals surface area contributed by atoms with Gasteiger partial charge in [0.2, 0.25) is 5.91 Å². The first-order chi connectivity index (χ1) is 28.2. The molecule has 3 saturated heterocycles. The third-order valence-corrected chi connectivity index (χ3v) is 11.7. The van der Waals surface area contributed by atoms with E-state index in [-0.39, 0.29) is 29.5 Å². The second kappa shape index (κ2) is 16.8. The lowest BCUT2D eigenvalue weighted by Gasteiger charge is -2.33. The van der Waals surface area contributed by atoms with Crippen molar-refractivity contribution in [3.63, 3.8) is 0 Å². The van der Waals surface area contributed by atoms with Crippen molar-refractivity contribution in [2.24, 2.45) is 5.73 Å². The second-order valence-electron chi connectivity index (χ2n) is 15.2. The Hall–Kier alpha value is -6.09. The summed E-state index contributed by atoms with van der Waals surface area (Å²) in [7, 11) is 1.24. The highest BCUT2D eigenvalue weighted by molar-refractivity contribution is 5.87. The molecule has 2 aromatic heterocycles. The molecule has 5 N–H and O–H groups in total. The van der Waals surface area contributed by atoms with E-state index in [0.717, 1.165) is 29.9 Å². The van der Waals surface area contributed by atoms with Gasteiger partial charge in [0.05, 0.1) is 31.1 Å². The van der Waals surface area contributed by atoms with Gasteiger partial charge in [0.1, 0.15) is 41.1 Å². The number of methoxy groups -OCH3 is 1. The number of carbonyl (C=O) groups excluding carboxylic acids is 3. The summed E-state index contributed by atoms with van der Waals surface area (Å²) < 4.78 is 36.5. The average molecular weight is 792 g/mol. The number of imidazole rings is 2. The van der Waals surface area contributed by atoms with Crippen LogP contribution in [-0.4, -0.2) is 80.9 Å². The van der Waals surface area contributed by atoms with Crippen LogP contribution in [0, 0.1) is 11.6 Å². The minimum absolute atomic E-state index is 0.0697. The van der Waals surface area contributed by atoms with Crippen LogP contribution in [0.15, 0.2) is 85.2 Å². The third-order valence-electron chi connectivity index (χ3n) is 11.7. The zero-order valence-corrected chi connectivity index (χ0v) is 32.2. The number of benzene rings is 3. The van der Waals surface area contributed by atoms with E-state index in [1.165, 1.54) is 25.4 Å². The van der Waals surface area contributed by atoms with Gasteiger partial charge in [0.15, 0.2) is 0 Å². The number of nitrogens with zero attached hydrogens (tertiary/aromatic N) is 5. The molecule has 13 nitrogen and oxygen atoms in total. The predicted octanol–water partition coefficient (Wildman–Crippen LogP) is 6.59. The summed E-state index contributed by atoms with van der Waals surface area (Å²) in [6, 6.07) is 18.6. The molecule has 15 heteroatoms. The van der Waals surface area contributed by atoms with Crippen molar-refractivity contribution in [3.05, 3.63) is 125 Å². The largest absolute Gasteiger partial charge is 0.453 e. The molecule has 3 aliphatic rings. The van der Waals surface area contributed by atoms with Crippen LogP contribution in [0.4, 0.5) is 19.3 Å². The standard InChI is InChI=1S/C43H47F2N9O4/c1-58-43(57)51-37(28-12-6-3-7-13-28)42(56)54-19-9-15-35(54)40-48-25-33(50-40)29-22-30(44)38(31(45)23-29)52-20-16-26(17-21-52)32-24-47-39(49-32)34-14-8-18-53(34)41(55)36(46)27-10-4-2-5-11-27/h2-7,10-13,22-26,34-37H,8-9,14-21,46H2,1H3,(H,47,49)(H,48,50)(H,51,57)/t34-,35-,36+,37+/m0/s1. The number of H-pyrrole nitrogens is 2. The van der Waals surface area contributed by atoms with Crippen LogP contribution in [0.5, 0.6) is 0 Å². The van der Waals surface area contributed by atoms with Gasteiger partial charge in [-0.25, -0.2) is 23.5 Å². The number of rotatable bonds is 10. The fourth-order valence-corrected chi connectivity index (χ4v) is 8.71. The lowest BCUT2D eigenvalue weighted by atomic mass is 9.93. The number of aromatic amines is 2. The van der Waals surface area contributed by atoms with E-state index >= 15 is 8.78 Å². The van der Waals surface area contributed by atoms with Gasteiger partial charge in [-0.1, -0.05) is 60.7 Å². The molecule has 0 bridgehead atoms. The molecule has 5 aromatic rings. The zero-order valence-electron chi connectivity index (χ0n) is 32.2. The van der Waals surface area contributed by atoms with Crippen molar-refractivity contribution >= 4 is 23.6 Å². The maximum atomic E-state index is 15.8. The van der Waals surface area contributed by atoms with Gasteiger partial charge >= 0.3 is 6.09 Å². The Morgan fingerprint density at radius 3 is 1.97 bits per heavy atom. The van der Waals surface area contributed by atoms with Crippen LogP contribution in [0.25, 0.3) is 11.3 Å². The van der Waals surface area contributed by atoms with Gasteiger partial charge in [-0.3, -0.25) is 9.59 Å². The number of hydrogen-bond donors (Lipinski definition) is 4. The molecule has 0 spiro atoms. The normalized spacial score (nSPS) is 19.6. The van der Waals surface area contributed by atoms with Gasteiger partial charge < -0.3 is 40.5 Å². The Labute approximate surface area is 335 Å². The van der Waals surface area contributed by atoms with Crippen molar-refractivity contribution in [2.45, 2.75) is 68.6 Å². The molecule has 0 aliphatic carbocycles. The van der Waals surface area contributed by atoms with E-state index < -0.39 is 35.9 Å². The molecule has 58 heavy (non-hydrogen) atoms. The molecule has 0 unspecified atom stereocenters. The Bertz CT molecular complexity index is 2220. The van der Waals surface area contributed by atoms with Crippen LogP contribution < -0.4 is 16.0 Å². The fourth-order valence-electron chi connectivity index (χ4n) is 8.71. The van der Waals surface area contributed by atoms with Crippen molar-refractivity contribution < 1.29 is 27.9 Å². The summed E-state index contributed by atoms with van der Waals surface area (Å²) in [5, 5.41) is 2.65. The monoisotopic (exact) mass is 791 g/mol. The van der Waals surface area contributed by atoms with E-state index in [0.29, 0.717) is 74.5 Å². The molecule has 0 radical (unpaired) electrons. The molecule has 3 amide bonds. The Morgan fingerprint density at radius 1 is 0.776 bits per heavy atom. The first kappa shape index (κ1) is 38.8. The minimum atomic E-state index is -0.966. The Kier molecular flexibility index (Phi) is 11.2. The summed E-state index contributed by atoms with van der Waals surface area (Å²) in [4.78, 5) is 60.6. The second-order valence-corrected chi connectivity index (χ2v) is 15.2. The van der Waals surface area contributed by atoms with Crippen molar-refractivity contribution in [1.82, 2.24) is 35.1 Å². The maximum absolute atomic E-state index is 15.8. The van der Waals surface area contributed by atoms with Gasteiger partial charge in [-0.2, -0.15) is 0 Å². The van der Waals surface area contributed by atoms with Crippen LogP contribution in [0.3, 0.4) is 0 Å². The lowest BCUT2D eigenvalue weighted by Crippen LogP contribution is -2.42. The van der Waals surface area contributed by atoms with Gasteiger partial charge in [0.25, 0.3) is 5.91 Å². The van der Waals surface area contributed by atoms with Crippen LogP contribution in [0.2, 0.25) is 0 Å². The van der Waals surface area contributed by atoms with E-state index in [1.807, 2.05) is 47.5 Å². The highest BCUT2D eigenvalue weighted by Gasteiger charge is 2.38. The number of ether oxygens (including phenoxy) is 1. The van der Waals surface area contributed by atoms with E-state index in [4.69, 9.17) is 10.5 Å². The predicted molar refractivity (Wildman–Crippen MR) is 212 cm³/mol. The molecule has 5 heterocycles. The summed E-state index contributed by atoms with van der Waals surface area (Å²) in [6.45, 7) is 1.96. The van der Waals surface area contributed by atoms with Crippen LogP contribution in [0.1, 0.15) is 97.1 Å². The minimum Gasteiger partial charge on any atom is -0.453 e. The first-order valence-corrected chi connectivity index (χ1v) is 19.8. The number of amides is 3. The quantitative estimate of drug-likeness (QED) is 0.123. The molecular formula is C43H47F2N9O4. The molecule has 3 fully saturated rings. The number of piperidine rings is 1. The number of anilines is 1. The van der Waals surface area contributed by atoms with Crippen LogP contribution in [-0.2, 0) is 14.3 Å². The highest BCUT2D eigenvalue weighted by atomic mass is 19.1. The maximum Gasteiger partial charge on any atom is 0.407 e. The Morgan fingerprint density at radius 2 is 1.34 bits per heavy atom. The molecule has 0 saturated carbocycles.